The molecule has 152 valence electrons. The van der Waals surface area contributed by atoms with Crippen LogP contribution in [-0.4, -0.2) is 50.1 Å². The Morgan fingerprint density at radius 3 is 2.72 bits per heavy atom. The first-order valence-electron chi connectivity index (χ1n) is 9.95. The average molecular weight is 392 g/mol. The lowest BCUT2D eigenvalue weighted by molar-refractivity contribution is 0.0903. The number of allylic oxidation sites excluding steroid dienone is 2. The van der Waals surface area contributed by atoms with Gasteiger partial charge in [-0.05, 0) is 73.3 Å². The van der Waals surface area contributed by atoms with E-state index in [4.69, 9.17) is 9.84 Å². The predicted octanol–water partition coefficient (Wildman–Crippen LogP) is 4.31. The molecule has 0 spiro atoms. The van der Waals surface area contributed by atoms with E-state index in [2.05, 4.69) is 43.3 Å². The minimum atomic E-state index is -0.466. The van der Waals surface area contributed by atoms with E-state index in [0.717, 1.165) is 30.7 Å². The lowest BCUT2D eigenvalue weighted by Crippen LogP contribution is -2.24. The fraction of sp³-hybridized carbons (Fsp3) is 0.320. The Morgan fingerprint density at radius 1 is 1.21 bits per heavy atom. The van der Waals surface area contributed by atoms with Crippen LogP contribution in [0.2, 0.25) is 0 Å². The molecule has 4 nitrogen and oxygen atoms in total. The number of carbonyl (C=O) groups is 1. The molecule has 4 heteroatoms. The minimum Gasteiger partial charge on any atom is -0.497 e. The zero-order valence-electron chi connectivity index (χ0n) is 17.4. The zero-order chi connectivity index (χ0) is 20.8. The number of hydrogen-bond donors (Lipinski definition) is 1. The number of rotatable bonds is 7. The van der Waals surface area contributed by atoms with Crippen LogP contribution in [0.25, 0.3) is 11.6 Å². The van der Waals surface area contributed by atoms with Gasteiger partial charge in [-0.3, -0.25) is 4.79 Å². The highest BCUT2D eigenvalue weighted by Gasteiger charge is 2.22. The number of ether oxygens (including phenoxy) is 1. The summed E-state index contributed by atoms with van der Waals surface area (Å²) in [5, 5.41) is 9.12. The van der Waals surface area contributed by atoms with Crippen molar-refractivity contribution >= 4 is 17.4 Å². The number of benzene rings is 2. The third kappa shape index (κ3) is 5.43. The van der Waals surface area contributed by atoms with E-state index in [9.17, 15) is 4.79 Å². The van der Waals surface area contributed by atoms with Crippen molar-refractivity contribution in [1.82, 2.24) is 4.90 Å². The number of aliphatic hydroxyl groups is 1. The Bertz CT molecular complexity index is 927. The lowest BCUT2D eigenvalue weighted by Gasteiger charge is -2.29. The third-order valence-corrected chi connectivity index (χ3v) is 5.26. The van der Waals surface area contributed by atoms with Gasteiger partial charge < -0.3 is 14.7 Å². The molecular weight excluding hydrogens is 362 g/mol. The molecule has 0 saturated carbocycles. The van der Waals surface area contributed by atoms with Crippen molar-refractivity contribution in [2.45, 2.75) is 12.8 Å². The first kappa shape index (κ1) is 21.0. The zero-order valence-corrected chi connectivity index (χ0v) is 17.4. The van der Waals surface area contributed by atoms with Gasteiger partial charge in [-0.15, -0.1) is 0 Å². The molecule has 0 radical (unpaired) electrons. The first-order chi connectivity index (χ1) is 14.0. The molecule has 1 aliphatic carbocycles. The molecular formula is C25H29NO3. The van der Waals surface area contributed by atoms with Gasteiger partial charge in [0.15, 0.2) is 5.78 Å². The Hall–Kier alpha value is -2.69. The maximum atomic E-state index is 11.8. The number of carbonyl (C=O) groups excluding carboxylic acids is 1. The lowest BCUT2D eigenvalue weighted by atomic mass is 9.81. The van der Waals surface area contributed by atoms with Gasteiger partial charge >= 0.3 is 0 Å². The SMILES string of the molecule is COc1cccc(C2=C/C(=C\c3cccc(C(=O)CO)c3)CCC2CN(C)C)c1. The van der Waals surface area contributed by atoms with Crippen molar-refractivity contribution in [3.63, 3.8) is 0 Å². The minimum absolute atomic E-state index is 0.257. The van der Waals surface area contributed by atoms with Crippen LogP contribution in [0.15, 0.2) is 60.2 Å². The smallest absolute Gasteiger partial charge is 0.188 e. The Balaban J connectivity index is 1.98. The summed E-state index contributed by atoms with van der Waals surface area (Å²) in [5.74, 6) is 1.06. The van der Waals surface area contributed by atoms with Gasteiger partial charge in [-0.2, -0.15) is 0 Å². The molecule has 1 N–H and O–H groups in total. The number of hydrogen-bond acceptors (Lipinski definition) is 4. The Morgan fingerprint density at radius 2 is 2.00 bits per heavy atom. The number of ketones is 1. The molecule has 0 fully saturated rings. The number of nitrogens with zero attached hydrogens (tertiary/aromatic N) is 1. The second-order valence-electron chi connectivity index (χ2n) is 7.76. The van der Waals surface area contributed by atoms with Gasteiger partial charge in [-0.1, -0.05) is 42.5 Å². The standard InChI is InChI=1S/C25H29NO3/c1-26(2)16-22-11-10-19(12-18-6-4-8-21(13-18)25(28)17-27)14-24(22)20-7-5-9-23(15-20)29-3/h4-9,12-15,22,27H,10-11,16-17H2,1-3H3/b19-12-. The highest BCUT2D eigenvalue weighted by atomic mass is 16.5. The molecule has 1 atom stereocenters. The van der Waals surface area contributed by atoms with E-state index in [-0.39, 0.29) is 5.78 Å². The van der Waals surface area contributed by atoms with Crippen LogP contribution >= 0.6 is 0 Å². The number of aliphatic hydroxyl groups excluding tert-OH is 1. The van der Waals surface area contributed by atoms with Gasteiger partial charge in [0.1, 0.15) is 12.4 Å². The third-order valence-electron chi connectivity index (χ3n) is 5.26. The van der Waals surface area contributed by atoms with Gasteiger partial charge in [0, 0.05) is 12.1 Å². The maximum absolute atomic E-state index is 11.8. The molecule has 3 rings (SSSR count). The normalized spacial score (nSPS) is 18.0. The molecule has 0 aliphatic heterocycles. The Kier molecular flexibility index (Phi) is 7.02. The average Bonchev–Trinajstić information content (AvgIpc) is 2.74. The highest BCUT2D eigenvalue weighted by molar-refractivity contribution is 5.97. The van der Waals surface area contributed by atoms with Gasteiger partial charge in [0.25, 0.3) is 0 Å². The summed E-state index contributed by atoms with van der Waals surface area (Å²) in [6.07, 6.45) is 6.49. The van der Waals surface area contributed by atoms with Crippen LogP contribution in [-0.2, 0) is 0 Å². The van der Waals surface area contributed by atoms with Crippen molar-refractivity contribution in [2.75, 3.05) is 34.4 Å². The summed E-state index contributed by atoms with van der Waals surface area (Å²) in [7, 11) is 5.91. The fourth-order valence-electron chi connectivity index (χ4n) is 3.86. The fourth-order valence-corrected chi connectivity index (χ4v) is 3.86. The second-order valence-corrected chi connectivity index (χ2v) is 7.76. The molecule has 0 heterocycles. The number of Topliss-reactive ketones (excluding diaryl/α,β-unsaturated/α-hetero) is 1. The van der Waals surface area contributed by atoms with Crippen LogP contribution in [0, 0.1) is 5.92 Å². The van der Waals surface area contributed by atoms with Gasteiger partial charge in [-0.25, -0.2) is 0 Å². The van der Waals surface area contributed by atoms with Crippen LogP contribution in [0.5, 0.6) is 5.75 Å². The van der Waals surface area contributed by atoms with Crippen molar-refractivity contribution in [3.8, 4) is 5.75 Å². The molecule has 0 amide bonds. The van der Waals surface area contributed by atoms with Crippen LogP contribution in [0.1, 0.15) is 34.3 Å². The molecule has 29 heavy (non-hydrogen) atoms. The summed E-state index contributed by atoms with van der Waals surface area (Å²) in [6, 6.07) is 15.7. The van der Waals surface area contributed by atoms with E-state index in [0.29, 0.717) is 11.5 Å². The van der Waals surface area contributed by atoms with Crippen molar-refractivity contribution in [1.29, 1.82) is 0 Å². The summed E-state index contributed by atoms with van der Waals surface area (Å²) in [6.45, 7) is 0.531. The number of methoxy groups -OCH3 is 1. The van der Waals surface area contributed by atoms with Crippen LogP contribution in [0.3, 0.4) is 0 Å². The maximum Gasteiger partial charge on any atom is 0.188 e. The monoisotopic (exact) mass is 391 g/mol. The van der Waals surface area contributed by atoms with Crippen molar-refractivity contribution in [2.24, 2.45) is 5.92 Å². The predicted molar refractivity (Wildman–Crippen MR) is 118 cm³/mol. The van der Waals surface area contributed by atoms with E-state index >= 15 is 0 Å². The van der Waals surface area contributed by atoms with Crippen molar-refractivity contribution in [3.05, 3.63) is 76.9 Å². The quantitative estimate of drug-likeness (QED) is 0.715. The molecule has 2 aromatic carbocycles. The molecule has 1 aliphatic rings. The summed E-state index contributed by atoms with van der Waals surface area (Å²) >= 11 is 0. The molecule has 0 bridgehead atoms. The topological polar surface area (TPSA) is 49.8 Å². The molecule has 1 unspecified atom stereocenters. The van der Waals surface area contributed by atoms with Gasteiger partial charge in [0.05, 0.1) is 7.11 Å². The summed E-state index contributed by atoms with van der Waals surface area (Å²) in [4.78, 5) is 14.0. The van der Waals surface area contributed by atoms with Crippen LogP contribution < -0.4 is 4.74 Å². The van der Waals surface area contributed by atoms with E-state index < -0.39 is 6.61 Å². The van der Waals surface area contributed by atoms with E-state index in [1.807, 2.05) is 30.3 Å². The molecule has 2 aromatic rings. The summed E-state index contributed by atoms with van der Waals surface area (Å²) in [5.41, 5.74) is 5.27. The van der Waals surface area contributed by atoms with Crippen LogP contribution in [0.4, 0.5) is 0 Å². The largest absolute Gasteiger partial charge is 0.497 e. The summed E-state index contributed by atoms with van der Waals surface area (Å²) < 4.78 is 5.43. The van der Waals surface area contributed by atoms with Crippen molar-refractivity contribution < 1.29 is 14.6 Å². The molecule has 0 saturated heterocycles. The van der Waals surface area contributed by atoms with E-state index in [1.165, 1.54) is 16.7 Å². The Labute approximate surface area is 173 Å². The second kappa shape index (κ2) is 9.68. The first-order valence-corrected chi connectivity index (χ1v) is 9.95. The molecule has 0 aromatic heterocycles. The van der Waals surface area contributed by atoms with E-state index in [1.54, 1.807) is 13.2 Å². The highest BCUT2D eigenvalue weighted by Crippen LogP contribution is 2.37. The van der Waals surface area contributed by atoms with Gasteiger partial charge in [0.2, 0.25) is 0 Å².